The Kier molecular flexibility index (Phi) is 4.02. The molecule has 0 unspecified atom stereocenters. The summed E-state index contributed by atoms with van der Waals surface area (Å²) in [5, 5.41) is 6.99. The molecule has 0 aliphatic heterocycles. The standard InChI is InChI=1S/C16H16N4OS/c1-10-7-13-14(19-9-20-16(13)22-10)18-8-11-3-5-12(6-4-11)15(21)17-2/h3-7,9H,8H2,1-2H3,(H,17,21)(H,18,19,20). The number of hydrogen-bond acceptors (Lipinski definition) is 5. The number of rotatable bonds is 4. The van der Waals surface area contributed by atoms with Crippen molar-refractivity contribution in [3.05, 3.63) is 52.7 Å². The Labute approximate surface area is 132 Å². The van der Waals surface area contributed by atoms with E-state index < -0.39 is 0 Å². The normalized spacial score (nSPS) is 10.6. The van der Waals surface area contributed by atoms with Crippen LogP contribution < -0.4 is 10.6 Å². The van der Waals surface area contributed by atoms with Gasteiger partial charge in [-0.1, -0.05) is 12.1 Å². The van der Waals surface area contributed by atoms with Crippen LogP contribution in [-0.2, 0) is 6.54 Å². The number of nitrogens with one attached hydrogen (secondary N) is 2. The molecular formula is C16H16N4OS. The predicted octanol–water partition coefficient (Wildman–Crippen LogP) is 2.97. The monoisotopic (exact) mass is 312 g/mol. The zero-order chi connectivity index (χ0) is 15.5. The maximum Gasteiger partial charge on any atom is 0.251 e. The molecule has 0 aliphatic rings. The molecule has 0 atom stereocenters. The molecule has 2 heterocycles. The minimum Gasteiger partial charge on any atom is -0.365 e. The molecule has 0 radical (unpaired) electrons. The van der Waals surface area contributed by atoms with Crippen LogP contribution in [0.4, 0.5) is 5.82 Å². The number of fused-ring (bicyclic) bond motifs is 1. The molecule has 3 aromatic rings. The molecule has 0 spiro atoms. The van der Waals surface area contributed by atoms with Crippen molar-refractivity contribution < 1.29 is 4.79 Å². The van der Waals surface area contributed by atoms with Crippen LogP contribution in [0.15, 0.2) is 36.7 Å². The smallest absolute Gasteiger partial charge is 0.251 e. The zero-order valence-electron chi connectivity index (χ0n) is 12.4. The lowest BCUT2D eigenvalue weighted by Gasteiger charge is -2.07. The van der Waals surface area contributed by atoms with Crippen LogP contribution in [0.3, 0.4) is 0 Å². The summed E-state index contributed by atoms with van der Waals surface area (Å²) >= 11 is 1.66. The molecule has 3 rings (SSSR count). The summed E-state index contributed by atoms with van der Waals surface area (Å²) in [4.78, 5) is 22.3. The Morgan fingerprint density at radius 2 is 2.00 bits per heavy atom. The fourth-order valence-electron chi connectivity index (χ4n) is 2.22. The van der Waals surface area contributed by atoms with Crippen LogP contribution in [0.2, 0.25) is 0 Å². The van der Waals surface area contributed by atoms with Crippen molar-refractivity contribution in [2.75, 3.05) is 12.4 Å². The minimum atomic E-state index is -0.0780. The lowest BCUT2D eigenvalue weighted by molar-refractivity contribution is 0.0963. The maximum atomic E-state index is 11.5. The average molecular weight is 312 g/mol. The second kappa shape index (κ2) is 6.11. The minimum absolute atomic E-state index is 0.0780. The van der Waals surface area contributed by atoms with E-state index in [2.05, 4.69) is 33.6 Å². The van der Waals surface area contributed by atoms with E-state index in [0.29, 0.717) is 12.1 Å². The highest BCUT2D eigenvalue weighted by atomic mass is 32.1. The van der Waals surface area contributed by atoms with E-state index in [1.807, 2.05) is 24.3 Å². The second-order valence-corrected chi connectivity index (χ2v) is 6.16. The van der Waals surface area contributed by atoms with Crippen LogP contribution in [-0.4, -0.2) is 22.9 Å². The molecule has 0 saturated carbocycles. The second-order valence-electron chi connectivity index (χ2n) is 4.93. The zero-order valence-corrected chi connectivity index (χ0v) is 13.2. The highest BCUT2D eigenvalue weighted by Gasteiger charge is 2.07. The first-order valence-corrected chi connectivity index (χ1v) is 7.75. The Hall–Kier alpha value is -2.47. The topological polar surface area (TPSA) is 66.9 Å². The first-order valence-electron chi connectivity index (χ1n) is 6.93. The van der Waals surface area contributed by atoms with Gasteiger partial charge >= 0.3 is 0 Å². The Balaban J connectivity index is 1.75. The van der Waals surface area contributed by atoms with Crippen molar-refractivity contribution in [2.45, 2.75) is 13.5 Å². The maximum absolute atomic E-state index is 11.5. The van der Waals surface area contributed by atoms with Crippen molar-refractivity contribution in [3.8, 4) is 0 Å². The van der Waals surface area contributed by atoms with Crippen molar-refractivity contribution in [1.82, 2.24) is 15.3 Å². The summed E-state index contributed by atoms with van der Waals surface area (Å²) in [7, 11) is 1.63. The van der Waals surface area contributed by atoms with Gasteiger partial charge in [-0.05, 0) is 30.7 Å². The Bertz CT molecular complexity index is 811. The van der Waals surface area contributed by atoms with E-state index in [-0.39, 0.29) is 5.91 Å². The third kappa shape index (κ3) is 2.92. The van der Waals surface area contributed by atoms with E-state index in [9.17, 15) is 4.79 Å². The van der Waals surface area contributed by atoms with Gasteiger partial charge in [-0.3, -0.25) is 4.79 Å². The molecule has 0 bridgehead atoms. The fraction of sp³-hybridized carbons (Fsp3) is 0.188. The van der Waals surface area contributed by atoms with Gasteiger partial charge in [0.1, 0.15) is 17.0 Å². The highest BCUT2D eigenvalue weighted by molar-refractivity contribution is 7.18. The molecule has 0 saturated heterocycles. The SMILES string of the molecule is CNC(=O)c1ccc(CNc2ncnc3sc(C)cc23)cc1. The van der Waals surface area contributed by atoms with Crippen molar-refractivity contribution in [3.63, 3.8) is 0 Å². The number of amides is 1. The molecular weight excluding hydrogens is 296 g/mol. The number of carbonyl (C=O) groups is 1. The van der Waals surface area contributed by atoms with Gasteiger partial charge in [0.25, 0.3) is 5.91 Å². The fourth-order valence-corrected chi connectivity index (χ4v) is 3.07. The van der Waals surface area contributed by atoms with Gasteiger partial charge < -0.3 is 10.6 Å². The summed E-state index contributed by atoms with van der Waals surface area (Å²) in [6, 6.07) is 9.61. The average Bonchev–Trinajstić information content (AvgIpc) is 2.93. The molecule has 1 aromatic carbocycles. The number of aryl methyl sites for hydroxylation is 1. The molecule has 2 N–H and O–H groups in total. The number of nitrogens with zero attached hydrogens (tertiary/aromatic N) is 2. The lowest BCUT2D eigenvalue weighted by Crippen LogP contribution is -2.17. The molecule has 112 valence electrons. The van der Waals surface area contributed by atoms with Crippen LogP contribution >= 0.6 is 11.3 Å². The predicted molar refractivity (Wildman–Crippen MR) is 89.3 cm³/mol. The van der Waals surface area contributed by atoms with E-state index in [1.165, 1.54) is 4.88 Å². The highest BCUT2D eigenvalue weighted by Crippen LogP contribution is 2.27. The molecule has 22 heavy (non-hydrogen) atoms. The molecule has 0 aliphatic carbocycles. The van der Waals surface area contributed by atoms with Gasteiger partial charge in [0, 0.05) is 24.0 Å². The van der Waals surface area contributed by atoms with Crippen LogP contribution in [0.25, 0.3) is 10.2 Å². The van der Waals surface area contributed by atoms with Crippen molar-refractivity contribution in [1.29, 1.82) is 0 Å². The lowest BCUT2D eigenvalue weighted by atomic mass is 10.1. The van der Waals surface area contributed by atoms with Crippen molar-refractivity contribution >= 4 is 33.3 Å². The molecule has 5 nitrogen and oxygen atoms in total. The largest absolute Gasteiger partial charge is 0.365 e. The molecule has 1 amide bonds. The summed E-state index contributed by atoms with van der Waals surface area (Å²) < 4.78 is 0. The number of aromatic nitrogens is 2. The number of benzene rings is 1. The van der Waals surface area contributed by atoms with E-state index in [4.69, 9.17) is 0 Å². The molecule has 0 fully saturated rings. The van der Waals surface area contributed by atoms with Crippen LogP contribution in [0, 0.1) is 6.92 Å². The summed E-state index contributed by atoms with van der Waals surface area (Å²) in [6.45, 7) is 2.71. The number of thiophene rings is 1. The van der Waals surface area contributed by atoms with Gasteiger partial charge in [-0.15, -0.1) is 11.3 Å². The summed E-state index contributed by atoms with van der Waals surface area (Å²) in [5.74, 6) is 0.760. The summed E-state index contributed by atoms with van der Waals surface area (Å²) in [5.41, 5.74) is 1.75. The van der Waals surface area contributed by atoms with Gasteiger partial charge in [0.05, 0.1) is 5.39 Å². The first-order chi connectivity index (χ1) is 10.7. The van der Waals surface area contributed by atoms with E-state index >= 15 is 0 Å². The van der Waals surface area contributed by atoms with Gasteiger partial charge in [-0.2, -0.15) is 0 Å². The Morgan fingerprint density at radius 3 is 2.73 bits per heavy atom. The van der Waals surface area contributed by atoms with Gasteiger partial charge in [0.15, 0.2) is 0 Å². The number of anilines is 1. The van der Waals surface area contributed by atoms with Gasteiger partial charge in [-0.25, -0.2) is 9.97 Å². The first kappa shape index (κ1) is 14.5. The molecule has 2 aromatic heterocycles. The van der Waals surface area contributed by atoms with Crippen molar-refractivity contribution in [2.24, 2.45) is 0 Å². The number of carbonyl (C=O) groups excluding carboxylic acids is 1. The molecule has 6 heteroatoms. The summed E-state index contributed by atoms with van der Waals surface area (Å²) in [6.07, 6.45) is 1.58. The van der Waals surface area contributed by atoms with Gasteiger partial charge in [0.2, 0.25) is 0 Å². The van der Waals surface area contributed by atoms with Crippen LogP contribution in [0.5, 0.6) is 0 Å². The number of hydrogen-bond donors (Lipinski definition) is 2. The van der Waals surface area contributed by atoms with E-state index in [0.717, 1.165) is 21.6 Å². The third-order valence-corrected chi connectivity index (χ3v) is 4.31. The quantitative estimate of drug-likeness (QED) is 0.777. The van der Waals surface area contributed by atoms with Crippen LogP contribution in [0.1, 0.15) is 20.8 Å². The van der Waals surface area contributed by atoms with E-state index in [1.54, 1.807) is 24.7 Å². The Morgan fingerprint density at radius 1 is 1.23 bits per heavy atom. The third-order valence-electron chi connectivity index (χ3n) is 3.36.